The lowest BCUT2D eigenvalue weighted by Crippen LogP contribution is -2.27. The molecule has 0 unspecified atom stereocenters. The molecule has 22 heavy (non-hydrogen) atoms. The minimum absolute atomic E-state index is 0.113. The van der Waals surface area contributed by atoms with Gasteiger partial charge in [-0.3, -0.25) is 4.79 Å². The Morgan fingerprint density at radius 3 is 2.18 bits per heavy atom. The number of hydrogen-bond acceptors (Lipinski definition) is 1. The lowest BCUT2D eigenvalue weighted by molar-refractivity contribution is -0.122. The van der Waals surface area contributed by atoms with Crippen LogP contribution in [0.1, 0.15) is 11.1 Å². The Morgan fingerprint density at radius 2 is 1.59 bits per heavy atom. The van der Waals surface area contributed by atoms with Crippen LogP contribution >= 0.6 is 0 Å². The molecule has 2 aromatic rings. The predicted molar refractivity (Wildman–Crippen MR) is 92.9 cm³/mol. The van der Waals surface area contributed by atoms with Gasteiger partial charge in [-0.2, -0.15) is 0 Å². The lowest BCUT2D eigenvalue weighted by atomic mass is 10.1. The second kappa shape index (κ2) is 7.79. The Morgan fingerprint density at radius 1 is 1.00 bits per heavy atom. The molecule has 2 rings (SSSR count). The maximum atomic E-state index is 12.5. The third-order valence-corrected chi connectivity index (χ3v) is 3.23. The van der Waals surface area contributed by atoms with E-state index in [0.29, 0.717) is 12.2 Å². The van der Waals surface area contributed by atoms with E-state index in [4.69, 9.17) is 0 Å². The molecule has 0 atom stereocenters. The van der Waals surface area contributed by atoms with E-state index in [1.54, 1.807) is 23.1 Å². The summed E-state index contributed by atoms with van der Waals surface area (Å²) in [5.41, 5.74) is 2.58. The monoisotopic (exact) mass is 289 g/mol. The fourth-order valence-electron chi connectivity index (χ4n) is 2.07. The smallest absolute Gasteiger partial charge is 0.251 e. The van der Waals surface area contributed by atoms with Crippen molar-refractivity contribution in [2.45, 2.75) is 0 Å². The summed E-state index contributed by atoms with van der Waals surface area (Å²) in [5.74, 6) is -0.113. The van der Waals surface area contributed by atoms with Gasteiger partial charge in [0.05, 0.1) is 0 Å². The number of benzene rings is 2. The summed E-state index contributed by atoms with van der Waals surface area (Å²) in [6, 6.07) is 19.4. The number of carbonyl (C=O) groups is 1. The Hall–Kier alpha value is -2.87. The highest BCUT2D eigenvalue weighted by molar-refractivity contribution is 5.97. The summed E-state index contributed by atoms with van der Waals surface area (Å²) in [6.07, 6.45) is 5.06. The van der Waals surface area contributed by atoms with E-state index >= 15 is 0 Å². The van der Waals surface area contributed by atoms with Crippen molar-refractivity contribution in [2.75, 3.05) is 6.54 Å². The van der Waals surface area contributed by atoms with Gasteiger partial charge in [-0.05, 0) is 17.2 Å². The number of nitrogens with zero attached hydrogens (tertiary/aromatic N) is 1. The standard InChI is InChI=1S/C20H19NO/c1-3-16-21(17(2)19-12-8-5-9-13-19)20(22)15-14-18-10-6-4-7-11-18/h3-15H,1-2,16H2/b15-14+. The molecule has 0 saturated heterocycles. The number of rotatable bonds is 6. The molecule has 0 fully saturated rings. The van der Waals surface area contributed by atoms with Gasteiger partial charge in [0.2, 0.25) is 0 Å². The van der Waals surface area contributed by atoms with E-state index in [0.717, 1.165) is 11.1 Å². The van der Waals surface area contributed by atoms with Crippen molar-refractivity contribution in [3.05, 3.63) is 97.1 Å². The third-order valence-electron chi connectivity index (χ3n) is 3.23. The molecule has 0 bridgehead atoms. The molecular weight excluding hydrogens is 270 g/mol. The van der Waals surface area contributed by atoms with E-state index in [9.17, 15) is 4.79 Å². The van der Waals surface area contributed by atoms with Crippen molar-refractivity contribution in [3.8, 4) is 0 Å². The summed E-state index contributed by atoms with van der Waals surface area (Å²) in [5, 5.41) is 0. The third kappa shape index (κ3) is 4.06. The van der Waals surface area contributed by atoms with Crippen molar-refractivity contribution >= 4 is 17.7 Å². The molecule has 0 heterocycles. The van der Waals surface area contributed by atoms with E-state index in [1.165, 1.54) is 0 Å². The fourth-order valence-corrected chi connectivity index (χ4v) is 2.07. The number of carbonyl (C=O) groups excluding carboxylic acids is 1. The zero-order valence-electron chi connectivity index (χ0n) is 12.5. The highest BCUT2D eigenvalue weighted by atomic mass is 16.2. The summed E-state index contributed by atoms with van der Waals surface area (Å²) in [4.78, 5) is 14.1. The van der Waals surface area contributed by atoms with Crippen molar-refractivity contribution in [1.29, 1.82) is 0 Å². The van der Waals surface area contributed by atoms with Crippen LogP contribution in [0.15, 0.2) is 86.0 Å². The topological polar surface area (TPSA) is 20.3 Å². The Kier molecular flexibility index (Phi) is 5.50. The molecule has 2 heteroatoms. The molecule has 2 nitrogen and oxygen atoms in total. The zero-order valence-corrected chi connectivity index (χ0v) is 12.5. The highest BCUT2D eigenvalue weighted by Crippen LogP contribution is 2.17. The minimum atomic E-state index is -0.113. The Bertz CT molecular complexity index is 671. The number of hydrogen-bond donors (Lipinski definition) is 0. The van der Waals surface area contributed by atoms with Gasteiger partial charge < -0.3 is 4.90 Å². The zero-order chi connectivity index (χ0) is 15.8. The van der Waals surface area contributed by atoms with Gasteiger partial charge in [0.15, 0.2) is 0 Å². The fraction of sp³-hybridized carbons (Fsp3) is 0.0500. The molecule has 0 aliphatic rings. The first-order chi connectivity index (χ1) is 10.7. The van der Waals surface area contributed by atoms with Crippen molar-refractivity contribution in [2.24, 2.45) is 0 Å². The predicted octanol–water partition coefficient (Wildman–Crippen LogP) is 4.39. The van der Waals surface area contributed by atoms with Gasteiger partial charge in [-0.25, -0.2) is 0 Å². The molecule has 0 aliphatic heterocycles. The van der Waals surface area contributed by atoms with Gasteiger partial charge in [0.25, 0.3) is 5.91 Å². The first-order valence-electron chi connectivity index (χ1n) is 7.12. The average molecular weight is 289 g/mol. The van der Waals surface area contributed by atoms with Crippen LogP contribution in [0.3, 0.4) is 0 Å². The maximum absolute atomic E-state index is 12.5. The summed E-state index contributed by atoms with van der Waals surface area (Å²) in [6.45, 7) is 8.18. The van der Waals surface area contributed by atoms with Crippen LogP contribution in [0.25, 0.3) is 11.8 Å². The first-order valence-corrected chi connectivity index (χ1v) is 7.12. The molecular formula is C20H19NO. The van der Waals surface area contributed by atoms with Crippen LogP contribution < -0.4 is 0 Å². The van der Waals surface area contributed by atoms with Crippen LogP contribution in [0, 0.1) is 0 Å². The molecule has 0 aromatic heterocycles. The Labute approximate surface area is 131 Å². The van der Waals surface area contributed by atoms with Crippen LogP contribution in [0.4, 0.5) is 0 Å². The van der Waals surface area contributed by atoms with E-state index in [1.807, 2.05) is 60.7 Å². The summed E-state index contributed by atoms with van der Waals surface area (Å²) < 4.78 is 0. The second-order valence-corrected chi connectivity index (χ2v) is 4.79. The van der Waals surface area contributed by atoms with E-state index in [-0.39, 0.29) is 5.91 Å². The lowest BCUT2D eigenvalue weighted by Gasteiger charge is -2.22. The van der Waals surface area contributed by atoms with Crippen LogP contribution in [-0.4, -0.2) is 17.4 Å². The first kappa shape index (κ1) is 15.5. The summed E-state index contributed by atoms with van der Waals surface area (Å²) in [7, 11) is 0. The molecule has 1 amide bonds. The van der Waals surface area contributed by atoms with Gasteiger partial charge >= 0.3 is 0 Å². The van der Waals surface area contributed by atoms with Crippen molar-refractivity contribution < 1.29 is 4.79 Å². The molecule has 0 spiro atoms. The van der Waals surface area contributed by atoms with Crippen molar-refractivity contribution in [3.63, 3.8) is 0 Å². The number of amides is 1. The van der Waals surface area contributed by atoms with E-state index in [2.05, 4.69) is 13.2 Å². The van der Waals surface area contributed by atoms with Gasteiger partial charge in [0, 0.05) is 18.3 Å². The van der Waals surface area contributed by atoms with Crippen LogP contribution in [0.2, 0.25) is 0 Å². The molecule has 0 N–H and O–H groups in total. The average Bonchev–Trinajstić information content (AvgIpc) is 2.58. The molecule has 110 valence electrons. The minimum Gasteiger partial charge on any atom is -0.305 e. The van der Waals surface area contributed by atoms with Gasteiger partial charge in [-0.1, -0.05) is 73.3 Å². The quantitative estimate of drug-likeness (QED) is 0.570. The Balaban J connectivity index is 2.17. The summed E-state index contributed by atoms with van der Waals surface area (Å²) >= 11 is 0. The van der Waals surface area contributed by atoms with Gasteiger partial charge in [0.1, 0.15) is 0 Å². The maximum Gasteiger partial charge on any atom is 0.251 e. The van der Waals surface area contributed by atoms with Crippen molar-refractivity contribution in [1.82, 2.24) is 4.90 Å². The van der Waals surface area contributed by atoms with E-state index < -0.39 is 0 Å². The molecule has 0 radical (unpaired) electrons. The highest BCUT2D eigenvalue weighted by Gasteiger charge is 2.13. The van der Waals surface area contributed by atoms with Gasteiger partial charge in [-0.15, -0.1) is 6.58 Å². The SMILES string of the molecule is C=CCN(C(=C)c1ccccc1)C(=O)/C=C/c1ccccc1. The molecule has 0 aliphatic carbocycles. The van der Waals surface area contributed by atoms with Crippen LogP contribution in [-0.2, 0) is 4.79 Å². The molecule has 0 saturated carbocycles. The largest absolute Gasteiger partial charge is 0.305 e. The van der Waals surface area contributed by atoms with Crippen LogP contribution in [0.5, 0.6) is 0 Å². The normalized spacial score (nSPS) is 10.4. The molecule has 2 aromatic carbocycles. The second-order valence-electron chi connectivity index (χ2n) is 4.79.